The molecule has 0 saturated carbocycles. The molecule has 0 spiro atoms. The quantitative estimate of drug-likeness (QED) is 0.187. The highest BCUT2D eigenvalue weighted by molar-refractivity contribution is 6.90. The van der Waals surface area contributed by atoms with Gasteiger partial charge in [0.05, 0.1) is 13.6 Å². The van der Waals surface area contributed by atoms with Crippen LogP contribution >= 0.6 is 0 Å². The lowest BCUT2D eigenvalue weighted by atomic mass is 9.95. The summed E-state index contributed by atoms with van der Waals surface area (Å²) < 4.78 is 47.5. The zero-order valence-corrected chi connectivity index (χ0v) is 22.6. The smallest absolute Gasteiger partial charge is 0.216 e. The molecule has 0 amide bonds. The monoisotopic (exact) mass is 487 g/mol. The summed E-state index contributed by atoms with van der Waals surface area (Å²) in [5, 5.41) is 3.94. The first-order chi connectivity index (χ1) is 17.7. The van der Waals surface area contributed by atoms with Gasteiger partial charge in [-0.25, -0.2) is 4.39 Å². The minimum Gasteiger partial charge on any atom is -0.455 e. The Morgan fingerprint density at radius 3 is 2.43 bits per heavy atom. The molecule has 5 aromatic rings. The number of nitrogens with zero attached hydrogens (tertiary/aromatic N) is 1. The van der Waals surface area contributed by atoms with Crippen LogP contribution < -0.4 is 9.75 Å². The van der Waals surface area contributed by atoms with Crippen molar-refractivity contribution in [1.82, 2.24) is 0 Å². The maximum Gasteiger partial charge on any atom is 0.216 e. The van der Waals surface area contributed by atoms with E-state index in [1.807, 2.05) is 14.0 Å². The van der Waals surface area contributed by atoms with E-state index in [-0.39, 0.29) is 11.4 Å². The molecule has 4 heteroatoms. The summed E-state index contributed by atoms with van der Waals surface area (Å²) in [6.07, 6.45) is 0.982. The largest absolute Gasteiger partial charge is 0.455 e. The summed E-state index contributed by atoms with van der Waals surface area (Å²) in [7, 11) is 0.229. The van der Waals surface area contributed by atoms with Crippen molar-refractivity contribution < 1.29 is 17.5 Å². The highest BCUT2D eigenvalue weighted by Gasteiger charge is 2.29. The number of furan rings is 1. The Morgan fingerprint density at radius 1 is 1.00 bits per heavy atom. The van der Waals surface area contributed by atoms with Gasteiger partial charge >= 0.3 is 0 Å². The molecule has 0 N–H and O–H groups in total. The average molecular weight is 488 g/mol. The zero-order valence-electron chi connectivity index (χ0n) is 24.6. The first-order valence-electron chi connectivity index (χ1n) is 13.8. The summed E-state index contributed by atoms with van der Waals surface area (Å²) in [4.78, 5) is 0. The van der Waals surface area contributed by atoms with Gasteiger partial charge in [0, 0.05) is 38.5 Å². The fraction of sp³-hybridized carbons (Fsp3) is 0.323. The molecule has 0 aliphatic carbocycles. The van der Waals surface area contributed by atoms with Crippen LogP contribution in [0.2, 0.25) is 19.6 Å². The Kier molecular flexibility index (Phi) is 4.80. The van der Waals surface area contributed by atoms with E-state index in [0.717, 1.165) is 23.2 Å². The second-order valence-corrected chi connectivity index (χ2v) is 16.3. The van der Waals surface area contributed by atoms with Crippen molar-refractivity contribution in [2.45, 2.75) is 53.7 Å². The van der Waals surface area contributed by atoms with Gasteiger partial charge in [-0.3, -0.25) is 0 Å². The number of rotatable bonds is 4. The molecule has 180 valence electrons. The Balaban J connectivity index is 1.97. The third kappa shape index (κ3) is 3.98. The van der Waals surface area contributed by atoms with E-state index in [2.05, 4.69) is 62.3 Å². The zero-order chi connectivity index (χ0) is 27.7. The van der Waals surface area contributed by atoms with Crippen molar-refractivity contribution in [2.24, 2.45) is 13.0 Å². The molecule has 0 aliphatic rings. The van der Waals surface area contributed by atoms with E-state index in [4.69, 9.17) is 8.53 Å². The molecule has 3 aromatic carbocycles. The summed E-state index contributed by atoms with van der Waals surface area (Å²) in [5.74, 6) is 0.145. The lowest BCUT2D eigenvalue weighted by Gasteiger charge is -2.21. The number of pyridine rings is 1. The number of hydrogen-bond acceptors (Lipinski definition) is 1. The van der Waals surface area contributed by atoms with Gasteiger partial charge in [-0.15, -0.1) is 0 Å². The number of aryl methyl sites for hydroxylation is 2. The molecular formula is C31H35FNOSi+. The topological polar surface area (TPSA) is 17.0 Å². The van der Waals surface area contributed by atoms with Crippen molar-refractivity contribution in [3.8, 4) is 11.3 Å². The van der Waals surface area contributed by atoms with Crippen molar-refractivity contribution >= 4 is 46.1 Å². The van der Waals surface area contributed by atoms with Gasteiger partial charge in [-0.1, -0.05) is 39.6 Å². The molecule has 35 heavy (non-hydrogen) atoms. The van der Waals surface area contributed by atoms with E-state index < -0.39 is 14.9 Å². The Labute approximate surface area is 212 Å². The Morgan fingerprint density at radius 2 is 1.74 bits per heavy atom. The summed E-state index contributed by atoms with van der Waals surface area (Å²) in [5.41, 5.74) is 6.00. The van der Waals surface area contributed by atoms with Crippen LogP contribution in [0.3, 0.4) is 0 Å². The van der Waals surface area contributed by atoms with E-state index in [0.29, 0.717) is 33.4 Å². The van der Waals surface area contributed by atoms with E-state index >= 15 is 0 Å². The predicted molar refractivity (Wildman–Crippen MR) is 149 cm³/mol. The molecule has 0 atom stereocenters. The van der Waals surface area contributed by atoms with E-state index in [9.17, 15) is 4.39 Å². The Hall–Kier alpha value is -2.98. The molecule has 2 aromatic heterocycles. The van der Waals surface area contributed by atoms with Gasteiger partial charge in [0.15, 0.2) is 0 Å². The minimum absolute atomic E-state index is 0.287. The van der Waals surface area contributed by atoms with Crippen LogP contribution in [0, 0.1) is 25.5 Å². The molecule has 0 radical (unpaired) electrons. The molecule has 0 unspecified atom stereocenters. The van der Waals surface area contributed by atoms with Gasteiger partial charge in [0.1, 0.15) is 24.0 Å². The van der Waals surface area contributed by atoms with Crippen molar-refractivity contribution in [2.75, 3.05) is 0 Å². The van der Waals surface area contributed by atoms with Crippen LogP contribution in [-0.4, -0.2) is 8.07 Å². The maximum absolute atomic E-state index is 14.1. The van der Waals surface area contributed by atoms with Gasteiger partial charge in [-0.05, 0) is 72.3 Å². The highest BCUT2D eigenvalue weighted by atomic mass is 28.3. The molecule has 5 rings (SSSR count). The van der Waals surface area contributed by atoms with Gasteiger partial charge in [0.2, 0.25) is 11.2 Å². The summed E-state index contributed by atoms with van der Waals surface area (Å²) in [6.45, 7) is 11.0. The first-order valence-corrected chi connectivity index (χ1v) is 15.8. The van der Waals surface area contributed by atoms with Gasteiger partial charge in [0.25, 0.3) is 0 Å². The van der Waals surface area contributed by atoms with Crippen LogP contribution in [0.5, 0.6) is 0 Å². The molecule has 0 saturated heterocycles. The Bertz CT molecular complexity index is 1730. The number of halogens is 1. The van der Waals surface area contributed by atoms with Gasteiger partial charge in [-0.2, -0.15) is 4.57 Å². The van der Waals surface area contributed by atoms with Crippen LogP contribution in [-0.2, 0) is 13.5 Å². The van der Waals surface area contributed by atoms with Crippen LogP contribution in [0.1, 0.15) is 34.7 Å². The summed E-state index contributed by atoms with van der Waals surface area (Å²) in [6, 6.07) is 15.1. The number of hydrogen-bond donors (Lipinski definition) is 0. The molecule has 0 bridgehead atoms. The number of fused-ring (bicyclic) bond motifs is 4. The fourth-order valence-electron chi connectivity index (χ4n) is 5.27. The lowest BCUT2D eigenvalue weighted by Crippen LogP contribution is -2.43. The van der Waals surface area contributed by atoms with Crippen LogP contribution in [0.4, 0.5) is 4.39 Å². The standard InChI is InChI=1S/C31H35FNOSi/c1-18(2)13-21-9-11-24-26(15-21)33(5)27(17-29(24)35(6,7)8)30-20(4)19(3)14-25-23-12-10-22(32)16-28(23)34-31(25)30/h9-12,14-18H,13H2,1-8H3/q+1/i3D3. The molecule has 2 heterocycles. The average Bonchev–Trinajstić information content (AvgIpc) is 3.15. The van der Waals surface area contributed by atoms with E-state index in [1.165, 1.54) is 28.3 Å². The normalized spacial score (nSPS) is 14.1. The summed E-state index contributed by atoms with van der Waals surface area (Å²) >= 11 is 0. The maximum atomic E-state index is 14.1. The third-order valence-corrected chi connectivity index (χ3v) is 9.08. The predicted octanol–water partition coefficient (Wildman–Crippen LogP) is 7.73. The van der Waals surface area contributed by atoms with Crippen molar-refractivity contribution in [3.63, 3.8) is 0 Å². The van der Waals surface area contributed by atoms with Crippen LogP contribution in [0.25, 0.3) is 44.1 Å². The van der Waals surface area contributed by atoms with Crippen molar-refractivity contribution in [3.05, 3.63) is 71.0 Å². The minimum atomic E-state index is -2.31. The molecule has 0 aliphatic heterocycles. The second-order valence-electron chi connectivity index (χ2n) is 11.2. The van der Waals surface area contributed by atoms with Crippen molar-refractivity contribution in [1.29, 1.82) is 0 Å². The molecular weight excluding hydrogens is 449 g/mol. The second kappa shape index (κ2) is 8.30. The highest BCUT2D eigenvalue weighted by Crippen LogP contribution is 2.39. The fourth-order valence-corrected chi connectivity index (χ4v) is 6.86. The SMILES string of the molecule is [2H]C([2H])([2H])c1cc2c(oc3cc(F)ccc32)c(-c2cc([Si](C)(C)C)c3ccc(CC(C)C)cc3[n+]2C)c1C. The van der Waals surface area contributed by atoms with E-state index in [1.54, 1.807) is 12.1 Å². The number of aromatic nitrogens is 1. The lowest BCUT2D eigenvalue weighted by molar-refractivity contribution is -0.633. The van der Waals surface area contributed by atoms with Gasteiger partial charge < -0.3 is 4.42 Å². The van der Waals surface area contributed by atoms with Crippen LogP contribution in [0.15, 0.2) is 52.9 Å². The third-order valence-electron chi connectivity index (χ3n) is 7.05. The molecule has 0 fully saturated rings. The number of benzene rings is 3. The first kappa shape index (κ1) is 20.2. The molecule has 2 nitrogen and oxygen atoms in total.